The third-order valence-corrected chi connectivity index (χ3v) is 5.55. The normalized spacial score (nSPS) is 11.7. The molecule has 3 aromatic rings. The molecule has 0 amide bonds. The van der Waals surface area contributed by atoms with E-state index in [4.69, 9.17) is 5.11 Å². The molecule has 0 atom stereocenters. The number of aromatic nitrogens is 1. The van der Waals surface area contributed by atoms with Crippen LogP contribution in [-0.4, -0.2) is 35.3 Å². The Kier molecular flexibility index (Phi) is 4.78. The zero-order valence-electron chi connectivity index (χ0n) is 13.2. The van der Waals surface area contributed by atoms with E-state index >= 15 is 0 Å². The molecule has 128 valence electrons. The molecule has 6 nitrogen and oxygen atoms in total. The Morgan fingerprint density at radius 1 is 1.00 bits per heavy atom. The van der Waals surface area contributed by atoms with Crippen molar-refractivity contribution in [3.8, 4) is 0 Å². The highest BCUT2D eigenvalue weighted by atomic mass is 32.2. The summed E-state index contributed by atoms with van der Waals surface area (Å²) in [6.07, 6.45) is 1.51. The molecule has 0 radical (unpaired) electrons. The van der Waals surface area contributed by atoms with Crippen LogP contribution in [0.2, 0.25) is 0 Å². The Bertz CT molecular complexity index is 999. The van der Waals surface area contributed by atoms with Crippen LogP contribution in [0.15, 0.2) is 71.8 Å². The summed E-state index contributed by atoms with van der Waals surface area (Å²) in [5.41, 5.74) is 1.04. The van der Waals surface area contributed by atoms with Crippen molar-refractivity contribution >= 4 is 26.9 Å². The van der Waals surface area contributed by atoms with Crippen LogP contribution >= 0.6 is 0 Å². The number of nitrogens with zero attached hydrogens (tertiary/aromatic N) is 2. The van der Waals surface area contributed by atoms with Gasteiger partial charge in [-0.2, -0.15) is 4.31 Å². The number of carbonyl (C=O) groups is 1. The Hall–Kier alpha value is -2.77. The molecule has 1 aromatic heterocycles. The quantitative estimate of drug-likeness (QED) is 0.733. The molecule has 0 bridgehead atoms. The molecule has 2 aromatic carbocycles. The first-order valence-corrected chi connectivity index (χ1v) is 9.02. The molecule has 0 unspecified atom stereocenters. The van der Waals surface area contributed by atoms with Crippen LogP contribution in [0.4, 0.5) is 0 Å². The highest BCUT2D eigenvalue weighted by Gasteiger charge is 2.28. The van der Waals surface area contributed by atoms with Crippen LogP contribution < -0.4 is 0 Å². The van der Waals surface area contributed by atoms with E-state index in [2.05, 4.69) is 4.98 Å². The SMILES string of the molecule is O=C(O)CN(Cc1ccccc1)S(=O)(=O)c1cccc2cccnc12. The Labute approximate surface area is 145 Å². The number of pyridine rings is 1. The van der Waals surface area contributed by atoms with Crippen molar-refractivity contribution in [1.29, 1.82) is 0 Å². The summed E-state index contributed by atoms with van der Waals surface area (Å²) >= 11 is 0. The predicted octanol–water partition coefficient (Wildman–Crippen LogP) is 2.51. The Balaban J connectivity index is 2.08. The van der Waals surface area contributed by atoms with Crippen LogP contribution in [0, 0.1) is 0 Å². The van der Waals surface area contributed by atoms with Gasteiger partial charge in [-0.3, -0.25) is 9.78 Å². The molecule has 0 aliphatic carbocycles. The number of para-hydroxylation sites is 1. The van der Waals surface area contributed by atoms with Gasteiger partial charge in [0.05, 0.1) is 5.52 Å². The van der Waals surface area contributed by atoms with Gasteiger partial charge in [0, 0.05) is 18.1 Å². The largest absolute Gasteiger partial charge is 0.480 e. The lowest BCUT2D eigenvalue weighted by Gasteiger charge is -2.21. The van der Waals surface area contributed by atoms with Crippen molar-refractivity contribution in [2.45, 2.75) is 11.4 Å². The van der Waals surface area contributed by atoms with E-state index in [9.17, 15) is 13.2 Å². The van der Waals surface area contributed by atoms with Crippen LogP contribution in [0.5, 0.6) is 0 Å². The van der Waals surface area contributed by atoms with Gasteiger partial charge in [0.2, 0.25) is 10.0 Å². The van der Waals surface area contributed by atoms with Crippen molar-refractivity contribution in [2.75, 3.05) is 6.54 Å². The maximum Gasteiger partial charge on any atom is 0.318 e. The lowest BCUT2D eigenvalue weighted by molar-refractivity contribution is -0.137. The van der Waals surface area contributed by atoms with Gasteiger partial charge in [-0.15, -0.1) is 0 Å². The minimum atomic E-state index is -4.03. The van der Waals surface area contributed by atoms with Gasteiger partial charge in [0.1, 0.15) is 11.4 Å². The molecule has 0 saturated carbocycles. The van der Waals surface area contributed by atoms with E-state index in [0.717, 1.165) is 4.31 Å². The van der Waals surface area contributed by atoms with E-state index in [1.54, 1.807) is 48.5 Å². The Morgan fingerprint density at radius 3 is 2.44 bits per heavy atom. The number of fused-ring (bicyclic) bond motifs is 1. The molecule has 0 spiro atoms. The third kappa shape index (κ3) is 3.67. The van der Waals surface area contributed by atoms with Gasteiger partial charge >= 0.3 is 5.97 Å². The highest BCUT2D eigenvalue weighted by molar-refractivity contribution is 7.89. The van der Waals surface area contributed by atoms with Crippen LogP contribution in [0.3, 0.4) is 0 Å². The number of sulfonamides is 1. The summed E-state index contributed by atoms with van der Waals surface area (Å²) in [5.74, 6) is -1.22. The van der Waals surface area contributed by atoms with Gasteiger partial charge in [0.15, 0.2) is 0 Å². The average molecular weight is 356 g/mol. The molecule has 1 N–H and O–H groups in total. The summed E-state index contributed by atoms with van der Waals surface area (Å²) in [6, 6.07) is 17.2. The number of hydrogen-bond acceptors (Lipinski definition) is 4. The van der Waals surface area contributed by atoms with Crippen LogP contribution in [-0.2, 0) is 21.4 Å². The second-order valence-corrected chi connectivity index (χ2v) is 7.39. The molecular weight excluding hydrogens is 340 g/mol. The minimum absolute atomic E-state index is 0.00258. The van der Waals surface area contributed by atoms with Crippen LogP contribution in [0.25, 0.3) is 10.9 Å². The van der Waals surface area contributed by atoms with Crippen molar-refractivity contribution in [3.05, 3.63) is 72.4 Å². The minimum Gasteiger partial charge on any atom is -0.480 e. The molecule has 0 aliphatic rings. The molecular formula is C18H16N2O4S. The van der Waals surface area contributed by atoms with E-state index in [-0.39, 0.29) is 11.4 Å². The number of hydrogen-bond donors (Lipinski definition) is 1. The standard InChI is InChI=1S/C18H16N2O4S/c21-17(22)13-20(12-14-6-2-1-3-7-14)25(23,24)16-10-4-8-15-9-5-11-19-18(15)16/h1-11H,12-13H2,(H,21,22). The number of carboxylic acid groups (broad SMARTS) is 1. The zero-order valence-corrected chi connectivity index (χ0v) is 14.1. The predicted molar refractivity (Wildman–Crippen MR) is 93.4 cm³/mol. The van der Waals surface area contributed by atoms with Crippen molar-refractivity contribution in [2.24, 2.45) is 0 Å². The fourth-order valence-corrected chi connectivity index (χ4v) is 4.13. The van der Waals surface area contributed by atoms with Crippen molar-refractivity contribution in [3.63, 3.8) is 0 Å². The maximum atomic E-state index is 13.1. The fraction of sp³-hybridized carbons (Fsp3) is 0.111. The summed E-state index contributed by atoms with van der Waals surface area (Å²) in [4.78, 5) is 15.4. The first-order chi connectivity index (χ1) is 12.0. The number of aliphatic carboxylic acids is 1. The number of rotatable bonds is 6. The monoisotopic (exact) mass is 356 g/mol. The number of carboxylic acids is 1. The van der Waals surface area contributed by atoms with Gasteiger partial charge < -0.3 is 5.11 Å². The molecule has 0 aliphatic heterocycles. The van der Waals surface area contributed by atoms with E-state index in [1.165, 1.54) is 12.3 Å². The van der Waals surface area contributed by atoms with Gasteiger partial charge in [0.25, 0.3) is 0 Å². The highest BCUT2D eigenvalue weighted by Crippen LogP contribution is 2.25. The first-order valence-electron chi connectivity index (χ1n) is 7.58. The second kappa shape index (κ2) is 7.00. The maximum absolute atomic E-state index is 13.1. The summed E-state index contributed by atoms with van der Waals surface area (Å²) in [6.45, 7) is -0.654. The lowest BCUT2D eigenvalue weighted by Crippen LogP contribution is -2.35. The average Bonchev–Trinajstić information content (AvgIpc) is 2.61. The third-order valence-electron chi connectivity index (χ3n) is 3.73. The van der Waals surface area contributed by atoms with Crippen molar-refractivity contribution in [1.82, 2.24) is 9.29 Å². The Morgan fingerprint density at radius 2 is 1.72 bits per heavy atom. The summed E-state index contributed by atoms with van der Waals surface area (Å²) < 4.78 is 27.2. The van der Waals surface area contributed by atoms with Crippen LogP contribution in [0.1, 0.15) is 5.56 Å². The van der Waals surface area contributed by atoms with Gasteiger partial charge in [-0.25, -0.2) is 8.42 Å². The molecule has 0 saturated heterocycles. The molecule has 7 heteroatoms. The molecule has 0 fully saturated rings. The van der Waals surface area contributed by atoms with E-state index < -0.39 is 22.5 Å². The topological polar surface area (TPSA) is 87.6 Å². The zero-order chi connectivity index (χ0) is 17.9. The van der Waals surface area contributed by atoms with Gasteiger partial charge in [-0.05, 0) is 17.7 Å². The fourth-order valence-electron chi connectivity index (χ4n) is 2.59. The second-order valence-electron chi connectivity index (χ2n) is 5.48. The summed E-state index contributed by atoms with van der Waals surface area (Å²) in [7, 11) is -4.03. The molecule has 3 rings (SSSR count). The van der Waals surface area contributed by atoms with E-state index in [0.29, 0.717) is 16.5 Å². The van der Waals surface area contributed by atoms with Gasteiger partial charge in [-0.1, -0.05) is 48.5 Å². The lowest BCUT2D eigenvalue weighted by atomic mass is 10.2. The molecule has 1 heterocycles. The van der Waals surface area contributed by atoms with Crippen molar-refractivity contribution < 1.29 is 18.3 Å². The smallest absolute Gasteiger partial charge is 0.318 e. The molecule has 25 heavy (non-hydrogen) atoms. The summed E-state index contributed by atoms with van der Waals surface area (Å²) in [5, 5.41) is 9.84. The number of benzene rings is 2. The first kappa shape index (κ1) is 17.1. The van der Waals surface area contributed by atoms with E-state index in [1.807, 2.05) is 6.07 Å².